The summed E-state index contributed by atoms with van der Waals surface area (Å²) in [5, 5.41) is 5.03. The van der Waals surface area contributed by atoms with E-state index in [0.717, 1.165) is 24.7 Å². The van der Waals surface area contributed by atoms with Crippen LogP contribution >= 0.6 is 0 Å². The van der Waals surface area contributed by atoms with Crippen molar-refractivity contribution in [3.63, 3.8) is 0 Å². The summed E-state index contributed by atoms with van der Waals surface area (Å²) >= 11 is 0. The van der Waals surface area contributed by atoms with Crippen LogP contribution in [0.4, 0.5) is 14.5 Å². The second-order valence-corrected chi connectivity index (χ2v) is 5.19. The highest BCUT2D eigenvalue weighted by Crippen LogP contribution is 2.28. The molecule has 116 valence electrons. The summed E-state index contributed by atoms with van der Waals surface area (Å²) < 4.78 is 32.5. The fourth-order valence-electron chi connectivity index (χ4n) is 1.96. The van der Waals surface area contributed by atoms with E-state index in [9.17, 15) is 13.6 Å². The summed E-state index contributed by atoms with van der Waals surface area (Å²) in [5.41, 5.74) is -0.261. The van der Waals surface area contributed by atoms with Gasteiger partial charge in [0.2, 0.25) is 0 Å². The van der Waals surface area contributed by atoms with Crippen molar-refractivity contribution >= 4 is 11.6 Å². The summed E-state index contributed by atoms with van der Waals surface area (Å²) in [6, 6.07) is 2.04. The number of nitrogens with one attached hydrogen (secondary N) is 2. The molecule has 0 unspecified atom stereocenters. The molecule has 0 spiro atoms. The van der Waals surface area contributed by atoms with Gasteiger partial charge < -0.3 is 15.4 Å². The Morgan fingerprint density at radius 3 is 2.57 bits per heavy atom. The molecule has 2 rings (SSSR count). The average molecular weight is 298 g/mol. The van der Waals surface area contributed by atoms with Gasteiger partial charge in [0.05, 0.1) is 0 Å². The Morgan fingerprint density at radius 1 is 1.33 bits per heavy atom. The lowest BCUT2D eigenvalue weighted by atomic mass is 10.1. The molecule has 4 nitrogen and oxygen atoms in total. The first-order chi connectivity index (χ1) is 10.1. The predicted molar refractivity (Wildman–Crippen MR) is 76.4 cm³/mol. The van der Waals surface area contributed by atoms with Crippen molar-refractivity contribution in [2.24, 2.45) is 5.92 Å². The lowest BCUT2D eigenvalue weighted by Gasteiger charge is -2.09. The summed E-state index contributed by atoms with van der Waals surface area (Å²) in [5.74, 6) is -1.33. The molecule has 0 saturated heterocycles. The first-order valence-electron chi connectivity index (χ1n) is 7.14. The number of benzene rings is 1. The van der Waals surface area contributed by atoms with Gasteiger partial charge >= 0.3 is 0 Å². The number of amides is 1. The van der Waals surface area contributed by atoms with Crippen LogP contribution in [-0.4, -0.2) is 32.7 Å². The maximum absolute atomic E-state index is 13.5. The molecule has 1 aliphatic carbocycles. The lowest BCUT2D eigenvalue weighted by Crippen LogP contribution is -2.25. The van der Waals surface area contributed by atoms with Gasteiger partial charge in [-0.1, -0.05) is 0 Å². The third-order valence-corrected chi connectivity index (χ3v) is 3.36. The number of carbonyl (C=O) groups excluding carboxylic acids is 1. The number of anilines is 1. The predicted octanol–water partition coefficient (Wildman–Crippen LogP) is 2.55. The molecule has 1 aromatic rings. The molecule has 1 saturated carbocycles. The van der Waals surface area contributed by atoms with Crippen LogP contribution in [0.25, 0.3) is 0 Å². The topological polar surface area (TPSA) is 50.4 Å². The Labute approximate surface area is 122 Å². The van der Waals surface area contributed by atoms with E-state index in [1.54, 1.807) is 0 Å². The Kier molecular flexibility index (Phi) is 5.50. The van der Waals surface area contributed by atoms with E-state index in [4.69, 9.17) is 4.74 Å². The van der Waals surface area contributed by atoms with Crippen molar-refractivity contribution in [1.82, 2.24) is 5.32 Å². The Morgan fingerprint density at radius 2 is 2.00 bits per heavy atom. The van der Waals surface area contributed by atoms with E-state index < -0.39 is 17.5 Å². The van der Waals surface area contributed by atoms with Crippen molar-refractivity contribution in [3.05, 3.63) is 29.3 Å². The molecular weight excluding hydrogens is 278 g/mol. The van der Waals surface area contributed by atoms with Crippen molar-refractivity contribution in [1.29, 1.82) is 0 Å². The Hall–Kier alpha value is -1.69. The second-order valence-electron chi connectivity index (χ2n) is 5.19. The van der Waals surface area contributed by atoms with Gasteiger partial charge in [-0.3, -0.25) is 4.79 Å². The van der Waals surface area contributed by atoms with Gasteiger partial charge in [0.1, 0.15) is 17.3 Å². The van der Waals surface area contributed by atoms with Crippen LogP contribution in [0.15, 0.2) is 12.1 Å². The maximum Gasteiger partial charge on any atom is 0.251 e. The van der Waals surface area contributed by atoms with E-state index in [2.05, 4.69) is 10.6 Å². The highest BCUT2D eigenvalue weighted by molar-refractivity contribution is 5.94. The molecule has 2 N–H and O–H groups in total. The van der Waals surface area contributed by atoms with Gasteiger partial charge in [0.25, 0.3) is 5.91 Å². The molecule has 0 bridgehead atoms. The van der Waals surface area contributed by atoms with E-state index >= 15 is 0 Å². The lowest BCUT2D eigenvalue weighted by molar-refractivity contribution is 0.0936. The molecule has 1 amide bonds. The number of carbonyl (C=O) groups is 1. The van der Waals surface area contributed by atoms with Crippen molar-refractivity contribution in [2.45, 2.75) is 19.3 Å². The van der Waals surface area contributed by atoms with Crippen molar-refractivity contribution in [3.8, 4) is 0 Å². The van der Waals surface area contributed by atoms with Crippen molar-refractivity contribution < 1.29 is 18.3 Å². The molecule has 1 aromatic carbocycles. The summed E-state index contributed by atoms with van der Waals surface area (Å²) in [4.78, 5) is 11.8. The summed E-state index contributed by atoms with van der Waals surface area (Å²) in [7, 11) is 1.42. The second kappa shape index (κ2) is 7.36. The van der Waals surface area contributed by atoms with Gasteiger partial charge in [0, 0.05) is 32.4 Å². The molecule has 21 heavy (non-hydrogen) atoms. The number of ether oxygens (including phenoxy) is 1. The van der Waals surface area contributed by atoms with Gasteiger partial charge in [-0.05, 0) is 37.3 Å². The molecule has 0 aromatic heterocycles. The zero-order chi connectivity index (χ0) is 15.2. The number of hydrogen-bond acceptors (Lipinski definition) is 3. The van der Waals surface area contributed by atoms with E-state index in [-0.39, 0.29) is 11.3 Å². The number of halogens is 2. The third-order valence-electron chi connectivity index (χ3n) is 3.36. The molecule has 1 fully saturated rings. The standard InChI is InChI=1S/C15H20F2N2O2/c1-18-14-12(16)7-11(8-13(14)17)15(20)19-5-2-6-21-9-10-3-4-10/h7-8,10,18H,2-6,9H2,1H3,(H,19,20). The highest BCUT2D eigenvalue weighted by Gasteiger charge is 2.20. The Balaban J connectivity index is 1.74. The minimum atomic E-state index is -0.782. The highest BCUT2D eigenvalue weighted by atomic mass is 19.1. The largest absolute Gasteiger partial charge is 0.383 e. The number of rotatable bonds is 8. The van der Waals surface area contributed by atoms with E-state index in [1.807, 2.05) is 0 Å². The Bertz CT molecular complexity index is 481. The van der Waals surface area contributed by atoms with Crippen LogP contribution in [0.1, 0.15) is 29.6 Å². The average Bonchev–Trinajstić information content (AvgIpc) is 3.26. The minimum absolute atomic E-state index is 0.0251. The van der Waals surface area contributed by atoms with Crippen molar-refractivity contribution in [2.75, 3.05) is 32.1 Å². The molecule has 6 heteroatoms. The van der Waals surface area contributed by atoms with Crippen LogP contribution in [0.2, 0.25) is 0 Å². The normalized spacial score (nSPS) is 14.0. The van der Waals surface area contributed by atoms with Gasteiger partial charge in [-0.15, -0.1) is 0 Å². The third kappa shape index (κ3) is 4.67. The molecule has 0 aliphatic heterocycles. The van der Waals surface area contributed by atoms with Crippen LogP contribution in [0.3, 0.4) is 0 Å². The van der Waals surface area contributed by atoms with Gasteiger partial charge in [0.15, 0.2) is 0 Å². The first kappa shape index (κ1) is 15.7. The molecule has 0 radical (unpaired) electrons. The maximum atomic E-state index is 13.5. The zero-order valence-corrected chi connectivity index (χ0v) is 12.0. The fraction of sp³-hybridized carbons (Fsp3) is 0.533. The first-order valence-corrected chi connectivity index (χ1v) is 7.14. The van der Waals surface area contributed by atoms with Gasteiger partial charge in [-0.2, -0.15) is 0 Å². The quantitative estimate of drug-likeness (QED) is 0.725. The van der Waals surface area contributed by atoms with Crippen LogP contribution < -0.4 is 10.6 Å². The molecule has 0 atom stereocenters. The monoisotopic (exact) mass is 298 g/mol. The van der Waals surface area contributed by atoms with E-state index in [0.29, 0.717) is 19.6 Å². The zero-order valence-electron chi connectivity index (χ0n) is 12.0. The minimum Gasteiger partial charge on any atom is -0.383 e. The van der Waals surface area contributed by atoms with E-state index in [1.165, 1.54) is 19.9 Å². The molecule has 0 heterocycles. The fourth-order valence-corrected chi connectivity index (χ4v) is 1.96. The van der Waals surface area contributed by atoms with Crippen LogP contribution in [-0.2, 0) is 4.74 Å². The molecular formula is C15H20F2N2O2. The SMILES string of the molecule is CNc1c(F)cc(C(=O)NCCCOCC2CC2)cc1F. The summed E-state index contributed by atoms with van der Waals surface area (Å²) in [6.07, 6.45) is 3.17. The molecule has 1 aliphatic rings. The smallest absolute Gasteiger partial charge is 0.251 e. The summed E-state index contributed by atoms with van der Waals surface area (Å²) in [6.45, 7) is 1.79. The number of hydrogen-bond donors (Lipinski definition) is 2. The van der Waals surface area contributed by atoms with Crippen LogP contribution in [0, 0.1) is 17.6 Å². The van der Waals surface area contributed by atoms with Gasteiger partial charge in [-0.25, -0.2) is 8.78 Å². The van der Waals surface area contributed by atoms with Crippen LogP contribution in [0.5, 0.6) is 0 Å².